The van der Waals surface area contributed by atoms with Gasteiger partial charge in [-0.2, -0.15) is 0 Å². The lowest BCUT2D eigenvalue weighted by atomic mass is 9.97. The maximum atomic E-state index is 5.69. The van der Waals surface area contributed by atoms with Gasteiger partial charge in [-0.05, 0) is 60.7 Å². The smallest absolute Gasteiger partial charge is 0.0314 e. The summed E-state index contributed by atoms with van der Waals surface area (Å²) < 4.78 is 0. The van der Waals surface area contributed by atoms with Crippen LogP contribution in [0.2, 0.25) is 0 Å². The number of nitrogens with two attached hydrogens (primary N) is 2. The Morgan fingerprint density at radius 1 is 0.944 bits per heavy atom. The second kappa shape index (κ2) is 5.69. The number of rotatable bonds is 4. The van der Waals surface area contributed by atoms with E-state index >= 15 is 0 Å². The molecule has 0 amide bonds. The minimum absolute atomic E-state index is 0.705. The van der Waals surface area contributed by atoms with E-state index in [2.05, 4.69) is 37.3 Å². The second-order valence-corrected chi connectivity index (χ2v) is 4.72. The van der Waals surface area contributed by atoms with Gasteiger partial charge in [0, 0.05) is 5.69 Å². The number of hydrogen-bond acceptors (Lipinski definition) is 2. The van der Waals surface area contributed by atoms with Crippen molar-refractivity contribution in [2.45, 2.75) is 19.8 Å². The van der Waals surface area contributed by atoms with Gasteiger partial charge in [0.2, 0.25) is 0 Å². The first-order valence-electron chi connectivity index (χ1n) is 6.32. The molecule has 2 aromatic rings. The van der Waals surface area contributed by atoms with Crippen LogP contribution in [0.25, 0.3) is 0 Å². The van der Waals surface area contributed by atoms with Crippen LogP contribution in [0.3, 0.4) is 0 Å². The molecule has 0 aliphatic heterocycles. The second-order valence-electron chi connectivity index (χ2n) is 4.72. The number of aryl methyl sites for hydroxylation is 1. The van der Waals surface area contributed by atoms with Crippen LogP contribution < -0.4 is 11.5 Å². The molecule has 4 N–H and O–H groups in total. The topological polar surface area (TPSA) is 52.0 Å². The maximum absolute atomic E-state index is 5.69. The first kappa shape index (κ1) is 12.7. The quantitative estimate of drug-likeness (QED) is 0.807. The Labute approximate surface area is 109 Å². The van der Waals surface area contributed by atoms with Gasteiger partial charge in [-0.1, -0.05) is 30.3 Å². The van der Waals surface area contributed by atoms with Crippen LogP contribution in [-0.4, -0.2) is 6.54 Å². The largest absolute Gasteiger partial charge is 0.399 e. The molecule has 0 aliphatic carbocycles. The van der Waals surface area contributed by atoms with Crippen molar-refractivity contribution in [3.8, 4) is 0 Å². The highest BCUT2D eigenvalue weighted by Crippen LogP contribution is 2.17. The standard InChI is InChI=1S/C16H20N2/c1-12-10-14(8-9-17)2-5-15(12)11-13-3-6-16(18)7-4-13/h2-7,10H,8-9,11,17-18H2,1H3. The van der Waals surface area contributed by atoms with Crippen molar-refractivity contribution in [2.24, 2.45) is 5.73 Å². The van der Waals surface area contributed by atoms with E-state index in [4.69, 9.17) is 11.5 Å². The van der Waals surface area contributed by atoms with Crippen LogP contribution >= 0.6 is 0 Å². The molecule has 0 spiro atoms. The molecule has 0 unspecified atom stereocenters. The minimum atomic E-state index is 0.705. The molecular formula is C16H20N2. The van der Waals surface area contributed by atoms with E-state index in [0.717, 1.165) is 18.5 Å². The van der Waals surface area contributed by atoms with Gasteiger partial charge in [0.05, 0.1) is 0 Å². The van der Waals surface area contributed by atoms with E-state index in [1.165, 1.54) is 22.3 Å². The Morgan fingerprint density at radius 2 is 1.61 bits per heavy atom. The lowest BCUT2D eigenvalue weighted by molar-refractivity contribution is 0.963. The fourth-order valence-corrected chi connectivity index (χ4v) is 2.13. The summed E-state index contributed by atoms with van der Waals surface area (Å²) in [5, 5.41) is 0. The first-order valence-corrected chi connectivity index (χ1v) is 6.32. The van der Waals surface area contributed by atoms with Crippen molar-refractivity contribution in [1.29, 1.82) is 0 Å². The van der Waals surface area contributed by atoms with Gasteiger partial charge in [0.25, 0.3) is 0 Å². The summed E-state index contributed by atoms with van der Waals surface area (Å²) in [6, 6.07) is 14.7. The summed E-state index contributed by atoms with van der Waals surface area (Å²) in [6.45, 7) is 2.86. The van der Waals surface area contributed by atoms with Crippen LogP contribution in [-0.2, 0) is 12.8 Å². The van der Waals surface area contributed by atoms with Crippen LogP contribution in [0.5, 0.6) is 0 Å². The molecule has 2 aromatic carbocycles. The van der Waals surface area contributed by atoms with Crippen molar-refractivity contribution in [2.75, 3.05) is 12.3 Å². The van der Waals surface area contributed by atoms with E-state index in [1.54, 1.807) is 0 Å². The molecule has 0 atom stereocenters. The highest BCUT2D eigenvalue weighted by atomic mass is 14.5. The average Bonchev–Trinajstić information content (AvgIpc) is 2.36. The van der Waals surface area contributed by atoms with E-state index in [-0.39, 0.29) is 0 Å². The van der Waals surface area contributed by atoms with Gasteiger partial charge >= 0.3 is 0 Å². The van der Waals surface area contributed by atoms with Gasteiger partial charge in [-0.3, -0.25) is 0 Å². The molecule has 0 radical (unpaired) electrons. The lowest BCUT2D eigenvalue weighted by Gasteiger charge is -2.08. The Bertz CT molecular complexity index is 515. The fraction of sp³-hybridized carbons (Fsp3) is 0.250. The zero-order chi connectivity index (χ0) is 13.0. The molecule has 0 fully saturated rings. The van der Waals surface area contributed by atoms with Crippen LogP contribution in [0, 0.1) is 6.92 Å². The molecule has 2 heteroatoms. The molecule has 0 aromatic heterocycles. The van der Waals surface area contributed by atoms with Crippen molar-refractivity contribution in [3.63, 3.8) is 0 Å². The molecular weight excluding hydrogens is 220 g/mol. The molecule has 18 heavy (non-hydrogen) atoms. The maximum Gasteiger partial charge on any atom is 0.0314 e. The summed E-state index contributed by atoms with van der Waals surface area (Å²) in [4.78, 5) is 0. The number of nitrogen functional groups attached to an aromatic ring is 1. The highest BCUT2D eigenvalue weighted by molar-refractivity contribution is 5.42. The minimum Gasteiger partial charge on any atom is -0.399 e. The Hall–Kier alpha value is -1.80. The number of benzene rings is 2. The van der Waals surface area contributed by atoms with Crippen LogP contribution in [0.15, 0.2) is 42.5 Å². The predicted molar refractivity (Wildman–Crippen MR) is 77.6 cm³/mol. The van der Waals surface area contributed by atoms with E-state index in [1.807, 2.05) is 12.1 Å². The third kappa shape index (κ3) is 3.11. The molecule has 2 rings (SSSR count). The van der Waals surface area contributed by atoms with Gasteiger partial charge in [0.15, 0.2) is 0 Å². The van der Waals surface area contributed by atoms with E-state index in [0.29, 0.717) is 6.54 Å². The molecule has 0 aliphatic rings. The summed E-state index contributed by atoms with van der Waals surface area (Å²) in [5.41, 5.74) is 17.4. The van der Waals surface area contributed by atoms with Gasteiger partial charge in [-0.25, -0.2) is 0 Å². The van der Waals surface area contributed by atoms with Crippen molar-refractivity contribution >= 4 is 5.69 Å². The predicted octanol–water partition coefficient (Wildman–Crippen LogP) is 2.67. The molecule has 0 heterocycles. The molecule has 0 saturated carbocycles. The van der Waals surface area contributed by atoms with Crippen LogP contribution in [0.1, 0.15) is 22.3 Å². The summed E-state index contributed by atoms with van der Waals surface area (Å²) in [7, 11) is 0. The number of anilines is 1. The van der Waals surface area contributed by atoms with Gasteiger partial charge in [-0.15, -0.1) is 0 Å². The van der Waals surface area contributed by atoms with Crippen molar-refractivity contribution in [1.82, 2.24) is 0 Å². The summed E-state index contributed by atoms with van der Waals surface area (Å²) in [6.07, 6.45) is 1.90. The molecule has 94 valence electrons. The fourth-order valence-electron chi connectivity index (χ4n) is 2.13. The summed E-state index contributed by atoms with van der Waals surface area (Å²) in [5.74, 6) is 0. The van der Waals surface area contributed by atoms with Crippen molar-refractivity contribution in [3.05, 3.63) is 64.7 Å². The molecule has 0 bridgehead atoms. The number of hydrogen-bond donors (Lipinski definition) is 2. The SMILES string of the molecule is Cc1cc(CCN)ccc1Cc1ccc(N)cc1. The van der Waals surface area contributed by atoms with Gasteiger partial charge in [0.1, 0.15) is 0 Å². The zero-order valence-corrected chi connectivity index (χ0v) is 10.8. The third-order valence-corrected chi connectivity index (χ3v) is 3.21. The average molecular weight is 240 g/mol. The third-order valence-electron chi connectivity index (χ3n) is 3.21. The highest BCUT2D eigenvalue weighted by Gasteiger charge is 2.02. The lowest BCUT2D eigenvalue weighted by Crippen LogP contribution is -2.03. The zero-order valence-electron chi connectivity index (χ0n) is 10.8. The normalized spacial score (nSPS) is 10.6. The monoisotopic (exact) mass is 240 g/mol. The molecule has 0 saturated heterocycles. The van der Waals surface area contributed by atoms with Crippen LogP contribution in [0.4, 0.5) is 5.69 Å². The van der Waals surface area contributed by atoms with Crippen molar-refractivity contribution < 1.29 is 0 Å². The first-order chi connectivity index (χ1) is 8.69. The Balaban J connectivity index is 2.16. The molecule has 2 nitrogen and oxygen atoms in total. The van der Waals surface area contributed by atoms with Gasteiger partial charge < -0.3 is 11.5 Å². The Morgan fingerprint density at radius 3 is 2.22 bits per heavy atom. The summed E-state index contributed by atoms with van der Waals surface area (Å²) >= 11 is 0. The van der Waals surface area contributed by atoms with E-state index in [9.17, 15) is 0 Å². The van der Waals surface area contributed by atoms with E-state index < -0.39 is 0 Å². The Kier molecular flexibility index (Phi) is 4.00.